The van der Waals surface area contributed by atoms with E-state index in [1.54, 1.807) is 13.8 Å². The van der Waals surface area contributed by atoms with Crippen LogP contribution in [0.5, 0.6) is 0 Å². The predicted octanol–water partition coefficient (Wildman–Crippen LogP) is -3.16. The number of amides is 3. The summed E-state index contributed by atoms with van der Waals surface area (Å²) in [5, 5.41) is 42.3. The number of carbonyl (C=O) groups excluding carboxylic acids is 3. The maximum absolute atomic E-state index is 12.4. The lowest BCUT2D eigenvalue weighted by Gasteiger charge is -2.24. The molecule has 0 heterocycles. The van der Waals surface area contributed by atoms with Crippen LogP contribution in [0.4, 0.5) is 0 Å². The minimum Gasteiger partial charge on any atom is -0.481 e. The molecule has 0 fully saturated rings. The summed E-state index contributed by atoms with van der Waals surface area (Å²) < 4.78 is 0. The molecule has 9 N–H and O–H groups in total. The average molecular weight is 448 g/mol. The zero-order chi connectivity index (χ0) is 24.3. The molecule has 0 aromatic heterocycles. The summed E-state index contributed by atoms with van der Waals surface area (Å²) in [5.41, 5.74) is 5.36. The maximum Gasteiger partial charge on any atom is 0.326 e. The molecular formula is C17H28N4O10. The van der Waals surface area contributed by atoms with Crippen LogP contribution in [-0.4, -0.2) is 86.8 Å². The predicted molar refractivity (Wildman–Crippen MR) is 102 cm³/mol. The third-order valence-corrected chi connectivity index (χ3v) is 3.88. The second-order valence-electron chi connectivity index (χ2n) is 7.14. The van der Waals surface area contributed by atoms with Crippen LogP contribution in [0.25, 0.3) is 0 Å². The van der Waals surface area contributed by atoms with Crippen LogP contribution in [0.2, 0.25) is 0 Å². The van der Waals surface area contributed by atoms with Crippen molar-refractivity contribution < 1.29 is 49.2 Å². The van der Waals surface area contributed by atoms with E-state index in [-0.39, 0.29) is 12.3 Å². The van der Waals surface area contributed by atoms with Crippen molar-refractivity contribution in [2.75, 3.05) is 6.61 Å². The van der Waals surface area contributed by atoms with Crippen molar-refractivity contribution in [3.63, 3.8) is 0 Å². The van der Waals surface area contributed by atoms with Crippen LogP contribution in [0, 0.1) is 5.92 Å². The summed E-state index contributed by atoms with van der Waals surface area (Å²) in [4.78, 5) is 69.5. The van der Waals surface area contributed by atoms with Crippen molar-refractivity contribution in [2.24, 2.45) is 11.7 Å². The van der Waals surface area contributed by atoms with E-state index >= 15 is 0 Å². The molecule has 0 aliphatic heterocycles. The molecule has 4 atom stereocenters. The fourth-order valence-corrected chi connectivity index (χ4v) is 2.38. The Balaban J connectivity index is 5.29. The van der Waals surface area contributed by atoms with Gasteiger partial charge in [0.25, 0.3) is 0 Å². The number of carboxylic acids is 3. The third-order valence-electron chi connectivity index (χ3n) is 3.88. The Labute approximate surface area is 177 Å². The Morgan fingerprint density at radius 3 is 1.61 bits per heavy atom. The zero-order valence-corrected chi connectivity index (χ0v) is 17.0. The quantitative estimate of drug-likeness (QED) is 0.132. The van der Waals surface area contributed by atoms with Crippen molar-refractivity contribution in [1.29, 1.82) is 0 Å². The molecule has 0 aromatic carbocycles. The normalized spacial score (nSPS) is 14.6. The molecule has 0 aliphatic carbocycles. The van der Waals surface area contributed by atoms with Gasteiger partial charge in [-0.05, 0) is 12.3 Å². The van der Waals surface area contributed by atoms with Crippen LogP contribution >= 0.6 is 0 Å². The van der Waals surface area contributed by atoms with Gasteiger partial charge in [0.15, 0.2) is 0 Å². The first-order valence-electron chi connectivity index (χ1n) is 9.22. The molecule has 0 spiro atoms. The van der Waals surface area contributed by atoms with Crippen molar-refractivity contribution in [3.05, 3.63) is 0 Å². The van der Waals surface area contributed by atoms with E-state index in [0.29, 0.717) is 0 Å². The number of nitrogens with one attached hydrogen (secondary N) is 3. The number of hydrogen-bond acceptors (Lipinski definition) is 8. The van der Waals surface area contributed by atoms with Crippen molar-refractivity contribution >= 4 is 35.6 Å². The number of carbonyl (C=O) groups is 6. The number of rotatable bonds is 14. The molecular weight excluding hydrogens is 420 g/mol. The fraction of sp³-hybridized carbons (Fsp3) is 0.647. The maximum atomic E-state index is 12.4. The molecule has 31 heavy (non-hydrogen) atoms. The molecule has 0 bridgehead atoms. The number of aliphatic carboxylic acids is 3. The fourth-order valence-electron chi connectivity index (χ4n) is 2.38. The van der Waals surface area contributed by atoms with Crippen LogP contribution in [0.15, 0.2) is 0 Å². The van der Waals surface area contributed by atoms with Crippen LogP contribution in [0.3, 0.4) is 0 Å². The summed E-state index contributed by atoms with van der Waals surface area (Å²) in [6.07, 6.45) is -1.61. The molecule has 0 saturated carbocycles. The Kier molecular flexibility index (Phi) is 11.7. The first kappa shape index (κ1) is 27.7. The van der Waals surface area contributed by atoms with Gasteiger partial charge in [-0.3, -0.25) is 24.0 Å². The SMILES string of the molecule is CC(C)C[C@H](NC(=O)[C@H](CC(=O)O)NC(=O)[C@H](CO)NC(=O)[C@@H](N)CC(=O)O)C(=O)O. The summed E-state index contributed by atoms with van der Waals surface area (Å²) in [6.45, 7) is 2.45. The highest BCUT2D eigenvalue weighted by molar-refractivity contribution is 5.96. The van der Waals surface area contributed by atoms with Crippen LogP contribution in [-0.2, 0) is 28.8 Å². The molecule has 0 rings (SSSR count). The number of aliphatic hydroxyl groups excluding tert-OH is 1. The number of nitrogens with two attached hydrogens (primary N) is 1. The number of carboxylic acid groups (broad SMARTS) is 3. The highest BCUT2D eigenvalue weighted by Crippen LogP contribution is 2.06. The van der Waals surface area contributed by atoms with E-state index in [4.69, 9.17) is 15.9 Å². The smallest absolute Gasteiger partial charge is 0.326 e. The van der Waals surface area contributed by atoms with Crippen LogP contribution < -0.4 is 21.7 Å². The average Bonchev–Trinajstić information content (AvgIpc) is 2.62. The van der Waals surface area contributed by atoms with Crippen LogP contribution in [0.1, 0.15) is 33.1 Å². The molecule has 14 nitrogen and oxygen atoms in total. The molecule has 14 heteroatoms. The molecule has 176 valence electrons. The first-order chi connectivity index (χ1) is 14.3. The molecule has 0 radical (unpaired) electrons. The molecule has 0 aliphatic rings. The van der Waals surface area contributed by atoms with Crippen molar-refractivity contribution in [2.45, 2.75) is 57.3 Å². The third kappa shape index (κ3) is 10.9. The van der Waals surface area contributed by atoms with Gasteiger partial charge in [0.1, 0.15) is 18.1 Å². The van der Waals surface area contributed by atoms with Gasteiger partial charge < -0.3 is 42.1 Å². The van der Waals surface area contributed by atoms with Crippen molar-refractivity contribution in [3.8, 4) is 0 Å². The van der Waals surface area contributed by atoms with Gasteiger partial charge in [0.2, 0.25) is 17.7 Å². The zero-order valence-electron chi connectivity index (χ0n) is 17.0. The summed E-state index contributed by atoms with van der Waals surface area (Å²) in [5.74, 6) is -7.64. The Morgan fingerprint density at radius 2 is 1.19 bits per heavy atom. The van der Waals surface area contributed by atoms with Gasteiger partial charge in [0, 0.05) is 0 Å². The molecule has 3 amide bonds. The lowest BCUT2D eigenvalue weighted by molar-refractivity contribution is -0.144. The van der Waals surface area contributed by atoms with E-state index in [1.165, 1.54) is 0 Å². The van der Waals surface area contributed by atoms with Gasteiger partial charge in [-0.1, -0.05) is 13.8 Å². The molecule has 0 unspecified atom stereocenters. The van der Waals surface area contributed by atoms with Crippen molar-refractivity contribution in [1.82, 2.24) is 16.0 Å². The van der Waals surface area contributed by atoms with E-state index in [0.717, 1.165) is 0 Å². The van der Waals surface area contributed by atoms with E-state index in [9.17, 15) is 39.0 Å². The second kappa shape index (κ2) is 13.1. The largest absolute Gasteiger partial charge is 0.481 e. The topological polar surface area (TPSA) is 245 Å². The Morgan fingerprint density at radius 1 is 0.742 bits per heavy atom. The van der Waals surface area contributed by atoms with E-state index in [1.807, 2.05) is 10.6 Å². The van der Waals surface area contributed by atoms with E-state index < -0.39 is 79.2 Å². The minimum absolute atomic E-state index is 0.0472. The summed E-state index contributed by atoms with van der Waals surface area (Å²) >= 11 is 0. The van der Waals surface area contributed by atoms with Gasteiger partial charge in [0.05, 0.1) is 25.5 Å². The summed E-state index contributed by atoms with van der Waals surface area (Å²) in [6, 6.07) is -6.23. The second-order valence-corrected chi connectivity index (χ2v) is 7.14. The standard InChI is InChI=1S/C17H28N4O10/c1-7(2)3-10(17(30)31)20-15(28)9(5-13(25)26)19-16(29)11(6-22)21-14(27)8(18)4-12(23)24/h7-11,22H,3-6,18H2,1-2H3,(H,19,29)(H,20,28)(H,21,27)(H,23,24)(H,25,26)(H,30,31)/t8-,9-,10-,11-/m0/s1. The first-order valence-corrected chi connectivity index (χ1v) is 9.22. The van der Waals surface area contributed by atoms with Gasteiger partial charge in [-0.25, -0.2) is 4.79 Å². The monoisotopic (exact) mass is 448 g/mol. The van der Waals surface area contributed by atoms with Gasteiger partial charge in [-0.2, -0.15) is 0 Å². The number of hydrogen-bond donors (Lipinski definition) is 8. The highest BCUT2D eigenvalue weighted by Gasteiger charge is 2.31. The number of aliphatic hydroxyl groups is 1. The Bertz CT molecular complexity index is 696. The van der Waals surface area contributed by atoms with Gasteiger partial charge in [-0.15, -0.1) is 0 Å². The Hall–Kier alpha value is -3.26. The van der Waals surface area contributed by atoms with Gasteiger partial charge >= 0.3 is 17.9 Å². The lowest BCUT2D eigenvalue weighted by atomic mass is 10.0. The summed E-state index contributed by atoms with van der Waals surface area (Å²) in [7, 11) is 0. The van der Waals surface area contributed by atoms with E-state index in [2.05, 4.69) is 5.32 Å². The molecule has 0 saturated heterocycles. The molecule has 0 aromatic rings. The highest BCUT2D eigenvalue weighted by atomic mass is 16.4. The lowest BCUT2D eigenvalue weighted by Crippen LogP contribution is -2.58. The minimum atomic E-state index is -1.71.